The minimum Gasteiger partial charge on any atom is -0.449 e. The molecule has 1 rings (SSSR count). The van der Waals surface area contributed by atoms with Crippen LogP contribution in [0, 0.1) is 11.8 Å². The van der Waals surface area contributed by atoms with Gasteiger partial charge in [0.2, 0.25) is 0 Å². The van der Waals surface area contributed by atoms with Gasteiger partial charge in [0, 0.05) is 18.3 Å². The minimum absolute atomic E-state index is 0.0624. The Balaban J connectivity index is 2.73. The molecular weight excluding hydrogens is 254 g/mol. The molecule has 116 valence electrons. The van der Waals surface area contributed by atoms with Gasteiger partial charge in [-0.1, -0.05) is 27.7 Å². The van der Waals surface area contributed by atoms with Crippen LogP contribution in [0.1, 0.15) is 48.5 Å². The van der Waals surface area contributed by atoms with Crippen LogP contribution in [-0.4, -0.2) is 47.2 Å². The number of carbonyl (C=O) groups excluding carboxylic acids is 1. The standard InChI is InChI=1S/C15H29N3O2/c1-8-20-15(19)18-14(9-16-12(6)10(2)3)17(18)13(7)11(4)5/h9-14H,8H2,1-7H3/t12-,13-,14?,17?,18?/m0/s1. The van der Waals surface area contributed by atoms with E-state index in [9.17, 15) is 4.79 Å². The second kappa shape index (κ2) is 7.07. The molecule has 1 fully saturated rings. The molecule has 1 heterocycles. The summed E-state index contributed by atoms with van der Waals surface area (Å²) in [7, 11) is 0. The van der Waals surface area contributed by atoms with Crippen molar-refractivity contribution < 1.29 is 9.53 Å². The van der Waals surface area contributed by atoms with Crippen LogP contribution in [0.5, 0.6) is 0 Å². The van der Waals surface area contributed by atoms with Gasteiger partial charge in [0.1, 0.15) is 0 Å². The molecule has 0 saturated carbocycles. The number of nitrogens with zero attached hydrogens (tertiary/aromatic N) is 3. The molecule has 4 atom stereocenters. The predicted molar refractivity (Wildman–Crippen MR) is 81.6 cm³/mol. The average Bonchev–Trinajstić information content (AvgIpc) is 3.09. The van der Waals surface area contributed by atoms with Gasteiger partial charge in [0.25, 0.3) is 0 Å². The highest BCUT2D eigenvalue weighted by atomic mass is 16.6. The Morgan fingerprint density at radius 3 is 2.25 bits per heavy atom. The predicted octanol–water partition coefficient (Wildman–Crippen LogP) is 3.16. The summed E-state index contributed by atoms with van der Waals surface area (Å²) in [5.41, 5.74) is 0. The topological polar surface area (TPSA) is 44.7 Å². The second-order valence-corrected chi connectivity index (χ2v) is 6.10. The Labute approximate surface area is 123 Å². The van der Waals surface area contributed by atoms with Gasteiger partial charge in [-0.3, -0.25) is 4.99 Å². The molecule has 20 heavy (non-hydrogen) atoms. The maximum Gasteiger partial charge on any atom is 0.426 e. The fourth-order valence-corrected chi connectivity index (χ4v) is 1.85. The van der Waals surface area contributed by atoms with E-state index in [4.69, 9.17) is 4.74 Å². The van der Waals surface area contributed by atoms with Gasteiger partial charge < -0.3 is 4.74 Å². The lowest BCUT2D eigenvalue weighted by atomic mass is 10.1. The zero-order valence-corrected chi connectivity index (χ0v) is 13.8. The van der Waals surface area contributed by atoms with E-state index in [1.165, 1.54) is 0 Å². The summed E-state index contributed by atoms with van der Waals surface area (Å²) in [5.74, 6) is 0.963. The van der Waals surface area contributed by atoms with Crippen molar-refractivity contribution in [1.82, 2.24) is 10.0 Å². The Bertz CT molecular complexity index is 355. The molecule has 0 bridgehead atoms. The first-order valence-electron chi connectivity index (χ1n) is 7.58. The smallest absolute Gasteiger partial charge is 0.426 e. The van der Waals surface area contributed by atoms with Crippen molar-refractivity contribution in [3.05, 3.63) is 0 Å². The molecule has 0 radical (unpaired) electrons. The first kappa shape index (κ1) is 17.0. The van der Waals surface area contributed by atoms with Crippen LogP contribution in [0.25, 0.3) is 0 Å². The normalized spacial score (nSPS) is 25.4. The summed E-state index contributed by atoms with van der Waals surface area (Å²) < 4.78 is 5.09. The van der Waals surface area contributed by atoms with Crippen LogP contribution in [-0.2, 0) is 4.74 Å². The molecule has 0 aromatic heterocycles. The molecule has 0 aromatic rings. The van der Waals surface area contributed by atoms with Gasteiger partial charge >= 0.3 is 6.09 Å². The minimum atomic E-state index is -0.284. The fraction of sp³-hybridized carbons (Fsp3) is 0.867. The lowest BCUT2D eigenvalue weighted by molar-refractivity contribution is 0.108. The van der Waals surface area contributed by atoms with Crippen molar-refractivity contribution in [2.24, 2.45) is 16.8 Å². The number of carbonyl (C=O) groups is 1. The first-order chi connectivity index (χ1) is 9.31. The zero-order chi connectivity index (χ0) is 15.4. The van der Waals surface area contributed by atoms with Crippen LogP contribution < -0.4 is 0 Å². The van der Waals surface area contributed by atoms with Crippen LogP contribution in [0.2, 0.25) is 0 Å². The van der Waals surface area contributed by atoms with Crippen molar-refractivity contribution >= 4 is 12.3 Å². The number of ether oxygens (including phenoxy) is 1. The number of hydrogen-bond acceptors (Lipinski definition) is 4. The van der Waals surface area contributed by atoms with E-state index in [0.717, 1.165) is 0 Å². The molecule has 2 unspecified atom stereocenters. The molecule has 1 aliphatic heterocycles. The van der Waals surface area contributed by atoms with E-state index < -0.39 is 0 Å². The summed E-state index contributed by atoms with van der Waals surface area (Å²) >= 11 is 0. The molecule has 0 aromatic carbocycles. The Kier molecular flexibility index (Phi) is 5.99. The Morgan fingerprint density at radius 1 is 1.20 bits per heavy atom. The van der Waals surface area contributed by atoms with E-state index in [1.54, 1.807) is 5.01 Å². The van der Waals surface area contributed by atoms with Gasteiger partial charge in [-0.2, -0.15) is 5.01 Å². The third-order valence-electron chi connectivity index (χ3n) is 3.97. The summed E-state index contributed by atoms with van der Waals surface area (Å²) in [5, 5.41) is 3.70. The lowest BCUT2D eigenvalue weighted by Gasteiger charge is -2.16. The van der Waals surface area contributed by atoms with Gasteiger partial charge in [-0.25, -0.2) is 9.80 Å². The summed E-state index contributed by atoms with van der Waals surface area (Å²) in [6, 6.07) is 0.543. The highest BCUT2D eigenvalue weighted by Crippen LogP contribution is 2.32. The maximum absolute atomic E-state index is 11.9. The quantitative estimate of drug-likeness (QED) is 0.555. The lowest BCUT2D eigenvalue weighted by Crippen LogP contribution is -2.27. The molecule has 1 amide bonds. The highest BCUT2D eigenvalue weighted by Gasteiger charge is 2.52. The first-order valence-corrected chi connectivity index (χ1v) is 7.58. The molecule has 5 nitrogen and oxygen atoms in total. The number of hydrogen-bond donors (Lipinski definition) is 0. The van der Waals surface area contributed by atoms with Crippen LogP contribution in [0.15, 0.2) is 4.99 Å². The van der Waals surface area contributed by atoms with Crippen molar-refractivity contribution in [3.63, 3.8) is 0 Å². The summed E-state index contributed by atoms with van der Waals surface area (Å²) in [4.78, 5) is 16.5. The number of amides is 1. The largest absolute Gasteiger partial charge is 0.449 e. The number of rotatable bonds is 6. The van der Waals surface area contributed by atoms with Crippen molar-refractivity contribution in [1.29, 1.82) is 0 Å². The molecular formula is C15H29N3O2. The Hall–Kier alpha value is -1.10. The van der Waals surface area contributed by atoms with E-state index in [-0.39, 0.29) is 24.3 Å². The number of aliphatic imine (C=N–C) groups is 1. The van der Waals surface area contributed by atoms with Crippen LogP contribution >= 0.6 is 0 Å². The SMILES string of the molecule is CCOC(=O)N1C(C=N[C@@H](C)C(C)C)N1[C@@H](C)C(C)C. The fourth-order valence-electron chi connectivity index (χ4n) is 1.85. The van der Waals surface area contributed by atoms with Gasteiger partial charge in [-0.05, 0) is 32.6 Å². The second-order valence-electron chi connectivity index (χ2n) is 6.10. The van der Waals surface area contributed by atoms with Crippen LogP contribution in [0.4, 0.5) is 4.79 Å². The van der Waals surface area contributed by atoms with Gasteiger partial charge in [0.05, 0.1) is 6.61 Å². The van der Waals surface area contributed by atoms with E-state index >= 15 is 0 Å². The third kappa shape index (κ3) is 3.95. The van der Waals surface area contributed by atoms with Gasteiger partial charge in [-0.15, -0.1) is 0 Å². The highest BCUT2D eigenvalue weighted by molar-refractivity contribution is 5.79. The van der Waals surface area contributed by atoms with Crippen molar-refractivity contribution in [2.45, 2.75) is 66.7 Å². The van der Waals surface area contributed by atoms with Crippen molar-refractivity contribution in [2.75, 3.05) is 6.61 Å². The van der Waals surface area contributed by atoms with Gasteiger partial charge in [0.15, 0.2) is 6.17 Å². The molecule has 1 aliphatic rings. The Morgan fingerprint density at radius 2 is 1.80 bits per heavy atom. The molecule has 0 spiro atoms. The van der Waals surface area contributed by atoms with E-state index in [0.29, 0.717) is 18.4 Å². The van der Waals surface area contributed by atoms with E-state index in [1.807, 2.05) is 18.1 Å². The third-order valence-corrected chi connectivity index (χ3v) is 3.97. The molecule has 0 N–H and O–H groups in total. The summed E-state index contributed by atoms with van der Waals surface area (Å²) in [6.07, 6.45) is 1.53. The monoisotopic (exact) mass is 283 g/mol. The zero-order valence-electron chi connectivity index (χ0n) is 13.8. The molecule has 1 saturated heterocycles. The number of hydrazine groups is 1. The molecule has 5 heteroatoms. The van der Waals surface area contributed by atoms with E-state index in [2.05, 4.69) is 46.5 Å². The maximum atomic E-state index is 11.9. The molecule has 0 aliphatic carbocycles. The average molecular weight is 283 g/mol. The van der Waals surface area contributed by atoms with Crippen molar-refractivity contribution in [3.8, 4) is 0 Å². The van der Waals surface area contributed by atoms with Crippen LogP contribution in [0.3, 0.4) is 0 Å². The summed E-state index contributed by atoms with van der Waals surface area (Å²) in [6.45, 7) is 15.0.